The Hall–Kier alpha value is -2.61. The first-order valence-electron chi connectivity index (χ1n) is 5.69. The van der Waals surface area contributed by atoms with Crippen LogP contribution in [0.25, 0.3) is 6.08 Å². The number of carboxylic acid groups (broad SMARTS) is 2. The molecule has 0 saturated carbocycles. The number of carboxylic acids is 2. The van der Waals surface area contributed by atoms with Crippen molar-refractivity contribution in [1.82, 2.24) is 4.90 Å². The first-order chi connectivity index (χ1) is 9.88. The minimum absolute atomic E-state index is 0.101. The number of hydrogen-bond donors (Lipinski definition) is 2. The molecule has 0 spiro atoms. The number of aromatic carboxylic acids is 1. The average Bonchev–Trinajstić information content (AvgIpc) is 2.67. The molecular formula is C13H9NO6S. The van der Waals surface area contributed by atoms with E-state index >= 15 is 0 Å². The molecule has 1 fully saturated rings. The summed E-state index contributed by atoms with van der Waals surface area (Å²) >= 11 is 0.648. The van der Waals surface area contributed by atoms with Crippen LogP contribution in [0, 0.1) is 0 Å². The third-order valence-electron chi connectivity index (χ3n) is 2.62. The fourth-order valence-electron chi connectivity index (χ4n) is 1.64. The molecule has 2 amide bonds. The number of aliphatic carboxylic acids is 1. The van der Waals surface area contributed by atoms with Gasteiger partial charge in [-0.3, -0.25) is 19.3 Å². The number of carbonyl (C=O) groups excluding carboxylic acids is 2. The molecule has 1 saturated heterocycles. The minimum Gasteiger partial charge on any atom is -0.480 e. The predicted molar refractivity (Wildman–Crippen MR) is 73.7 cm³/mol. The highest BCUT2D eigenvalue weighted by Crippen LogP contribution is 2.31. The summed E-state index contributed by atoms with van der Waals surface area (Å²) in [5.41, 5.74) is 0.645. The van der Waals surface area contributed by atoms with Gasteiger partial charge in [0.15, 0.2) is 0 Å². The van der Waals surface area contributed by atoms with Gasteiger partial charge in [0.2, 0.25) is 0 Å². The molecule has 1 aliphatic rings. The lowest BCUT2D eigenvalue weighted by Gasteiger charge is -2.07. The van der Waals surface area contributed by atoms with Crippen LogP contribution >= 0.6 is 11.8 Å². The predicted octanol–water partition coefficient (Wildman–Crippen LogP) is 1.51. The zero-order valence-corrected chi connectivity index (χ0v) is 11.3. The third kappa shape index (κ3) is 3.29. The molecule has 0 aliphatic carbocycles. The summed E-state index contributed by atoms with van der Waals surface area (Å²) < 4.78 is 0. The number of thioether (sulfide) groups is 1. The number of rotatable bonds is 4. The van der Waals surface area contributed by atoms with E-state index in [1.54, 1.807) is 0 Å². The summed E-state index contributed by atoms with van der Waals surface area (Å²) in [7, 11) is 0. The molecule has 0 atom stereocenters. The van der Waals surface area contributed by atoms with Crippen LogP contribution in [0.3, 0.4) is 0 Å². The van der Waals surface area contributed by atoms with Gasteiger partial charge in [0.05, 0.1) is 10.5 Å². The molecule has 0 unspecified atom stereocenters. The van der Waals surface area contributed by atoms with Crippen LogP contribution in [-0.2, 0) is 9.59 Å². The summed E-state index contributed by atoms with van der Waals surface area (Å²) in [5.74, 6) is -3.01. The number of hydrogen-bond acceptors (Lipinski definition) is 5. The summed E-state index contributed by atoms with van der Waals surface area (Å²) in [6.45, 7) is -0.681. The minimum atomic E-state index is -1.27. The maximum atomic E-state index is 11.9. The van der Waals surface area contributed by atoms with Gasteiger partial charge in [-0.15, -0.1) is 0 Å². The largest absolute Gasteiger partial charge is 0.480 e. The van der Waals surface area contributed by atoms with Crippen molar-refractivity contribution in [2.45, 2.75) is 0 Å². The van der Waals surface area contributed by atoms with Gasteiger partial charge < -0.3 is 10.2 Å². The normalized spacial score (nSPS) is 16.6. The molecule has 0 radical (unpaired) electrons. The van der Waals surface area contributed by atoms with Crippen molar-refractivity contribution in [3.05, 3.63) is 40.3 Å². The van der Waals surface area contributed by atoms with Gasteiger partial charge in [-0.25, -0.2) is 4.79 Å². The van der Waals surface area contributed by atoms with Gasteiger partial charge in [0, 0.05) is 0 Å². The van der Waals surface area contributed by atoms with Crippen LogP contribution in [0.15, 0.2) is 29.2 Å². The number of imide groups is 1. The number of carbonyl (C=O) groups is 4. The van der Waals surface area contributed by atoms with E-state index in [0.717, 1.165) is 0 Å². The third-order valence-corrected chi connectivity index (χ3v) is 3.53. The van der Waals surface area contributed by atoms with Crippen LogP contribution in [0.1, 0.15) is 15.9 Å². The van der Waals surface area contributed by atoms with Crippen molar-refractivity contribution in [3.8, 4) is 0 Å². The molecule has 0 aromatic heterocycles. The van der Waals surface area contributed by atoms with Gasteiger partial charge in [-0.05, 0) is 35.5 Å². The lowest BCUT2D eigenvalue weighted by Crippen LogP contribution is -2.33. The maximum Gasteiger partial charge on any atom is 0.335 e. The lowest BCUT2D eigenvalue weighted by atomic mass is 10.1. The number of benzene rings is 1. The van der Waals surface area contributed by atoms with Crippen LogP contribution in [-0.4, -0.2) is 44.7 Å². The zero-order chi connectivity index (χ0) is 15.6. The van der Waals surface area contributed by atoms with Crippen LogP contribution in [0.5, 0.6) is 0 Å². The van der Waals surface area contributed by atoms with E-state index in [2.05, 4.69) is 0 Å². The molecule has 2 N–H and O–H groups in total. The Kier molecular flexibility index (Phi) is 4.08. The van der Waals surface area contributed by atoms with Gasteiger partial charge in [-0.2, -0.15) is 0 Å². The zero-order valence-electron chi connectivity index (χ0n) is 10.5. The molecule has 1 aromatic carbocycles. The van der Waals surface area contributed by atoms with Crippen LogP contribution in [0.4, 0.5) is 4.79 Å². The van der Waals surface area contributed by atoms with Crippen molar-refractivity contribution >= 4 is 40.9 Å². The number of amides is 2. The second-order valence-electron chi connectivity index (χ2n) is 4.09. The Morgan fingerprint density at radius 3 is 2.29 bits per heavy atom. The van der Waals surface area contributed by atoms with Crippen molar-refractivity contribution in [1.29, 1.82) is 0 Å². The van der Waals surface area contributed by atoms with E-state index in [-0.39, 0.29) is 10.5 Å². The Morgan fingerprint density at radius 2 is 1.76 bits per heavy atom. The van der Waals surface area contributed by atoms with Crippen LogP contribution < -0.4 is 0 Å². The lowest BCUT2D eigenvalue weighted by molar-refractivity contribution is -0.140. The van der Waals surface area contributed by atoms with E-state index in [1.807, 2.05) is 0 Å². The van der Waals surface area contributed by atoms with Gasteiger partial charge in [0.1, 0.15) is 6.54 Å². The highest BCUT2D eigenvalue weighted by molar-refractivity contribution is 8.18. The molecule has 108 valence electrons. The van der Waals surface area contributed by atoms with Crippen molar-refractivity contribution in [2.24, 2.45) is 0 Å². The van der Waals surface area contributed by atoms with Gasteiger partial charge in [0.25, 0.3) is 11.1 Å². The van der Waals surface area contributed by atoms with Crippen LogP contribution in [0.2, 0.25) is 0 Å². The fourth-order valence-corrected chi connectivity index (χ4v) is 2.48. The fraction of sp³-hybridized carbons (Fsp3) is 0.0769. The van der Waals surface area contributed by atoms with Crippen molar-refractivity contribution in [3.63, 3.8) is 0 Å². The van der Waals surface area contributed by atoms with Crippen molar-refractivity contribution < 1.29 is 29.4 Å². The van der Waals surface area contributed by atoms with E-state index in [0.29, 0.717) is 22.2 Å². The highest BCUT2D eigenvalue weighted by Gasteiger charge is 2.36. The molecule has 1 aromatic rings. The maximum absolute atomic E-state index is 11.9. The first kappa shape index (κ1) is 14.8. The summed E-state index contributed by atoms with van der Waals surface area (Å²) in [6.07, 6.45) is 1.42. The second-order valence-corrected chi connectivity index (χ2v) is 5.08. The average molecular weight is 307 g/mol. The van der Waals surface area contributed by atoms with Gasteiger partial charge >= 0.3 is 11.9 Å². The summed E-state index contributed by atoms with van der Waals surface area (Å²) in [4.78, 5) is 45.5. The van der Waals surface area contributed by atoms with E-state index in [4.69, 9.17) is 10.2 Å². The topological polar surface area (TPSA) is 112 Å². The quantitative estimate of drug-likeness (QED) is 0.811. The second kappa shape index (κ2) is 5.80. The molecule has 8 heteroatoms. The Balaban J connectivity index is 2.22. The van der Waals surface area contributed by atoms with E-state index in [1.165, 1.54) is 30.3 Å². The Morgan fingerprint density at radius 1 is 1.14 bits per heavy atom. The molecule has 7 nitrogen and oxygen atoms in total. The number of nitrogens with zero attached hydrogens (tertiary/aromatic N) is 1. The SMILES string of the molecule is O=C(O)CN1C(=O)S/C(=C/c2ccc(C(=O)O)cc2)C1=O. The Bertz CT molecular complexity index is 664. The Labute approximate surface area is 122 Å². The van der Waals surface area contributed by atoms with E-state index < -0.39 is 29.6 Å². The molecule has 2 rings (SSSR count). The summed E-state index contributed by atoms with van der Waals surface area (Å²) in [5, 5.41) is 16.8. The molecule has 1 heterocycles. The standard InChI is InChI=1S/C13H9NO6S/c15-10(16)6-14-11(17)9(21-13(14)20)5-7-1-3-8(4-2-7)12(18)19/h1-5H,6H2,(H,15,16)(H,18,19)/b9-5+. The van der Waals surface area contributed by atoms with Gasteiger partial charge in [-0.1, -0.05) is 12.1 Å². The monoisotopic (exact) mass is 307 g/mol. The van der Waals surface area contributed by atoms with Crippen molar-refractivity contribution in [2.75, 3.05) is 6.54 Å². The molecule has 21 heavy (non-hydrogen) atoms. The first-order valence-corrected chi connectivity index (χ1v) is 6.50. The highest BCUT2D eigenvalue weighted by atomic mass is 32.2. The van der Waals surface area contributed by atoms with E-state index in [9.17, 15) is 19.2 Å². The molecule has 0 bridgehead atoms. The smallest absolute Gasteiger partial charge is 0.335 e. The molecule has 1 aliphatic heterocycles. The molecular weight excluding hydrogens is 298 g/mol. The summed E-state index contributed by atoms with van der Waals surface area (Å²) in [6, 6.07) is 5.73.